The molecule has 12 aromatic rings. The van der Waals surface area contributed by atoms with Crippen molar-refractivity contribution in [3.05, 3.63) is 281 Å². The number of aliphatic hydroxyl groups excluding tert-OH is 4. The number of anilines is 4. The number of ether oxygens (including phenoxy) is 2. The highest BCUT2D eigenvalue weighted by atomic mass is 35.5. The number of methoxy groups -OCH3 is 1. The summed E-state index contributed by atoms with van der Waals surface area (Å²) in [4.78, 5) is 112. The molecule has 1 aliphatic rings. The predicted octanol–water partition coefficient (Wildman–Crippen LogP) is 19.0. The number of carbonyl (C=O) groups excluding carboxylic acids is 8. The molecular weight excluding hydrogens is 1740 g/mol. The Morgan fingerprint density at radius 2 is 0.603 bits per heavy atom. The van der Waals surface area contributed by atoms with Crippen LogP contribution in [0, 0.1) is 53.3 Å². The van der Waals surface area contributed by atoms with Crippen LogP contribution in [0.25, 0.3) is 43.1 Å². The molecule has 0 aliphatic heterocycles. The number of hydrogen-bond acceptors (Lipinski definition) is 22. The molecule has 1 aliphatic carbocycles. The Morgan fingerprint density at radius 1 is 0.359 bits per heavy atom. The Balaban J connectivity index is 0.000000182. The molecule has 4 unspecified atom stereocenters. The molecule has 4 heterocycles. The molecule has 1 fully saturated rings. The van der Waals surface area contributed by atoms with Crippen molar-refractivity contribution >= 4 is 159 Å². The van der Waals surface area contributed by atoms with Gasteiger partial charge in [-0.25, -0.2) is 19.9 Å². The van der Waals surface area contributed by atoms with Crippen LogP contribution in [0.2, 0.25) is 20.1 Å². The third-order valence-electron chi connectivity index (χ3n) is 21.1. The lowest BCUT2D eigenvalue weighted by atomic mass is 10.00. The van der Waals surface area contributed by atoms with Gasteiger partial charge in [-0.3, -0.25) is 33.6 Å². The van der Waals surface area contributed by atoms with Crippen LogP contribution < -0.4 is 22.9 Å². The maximum Gasteiger partial charge on any atom is 0.306 e. The van der Waals surface area contributed by atoms with Crippen molar-refractivity contribution in [2.45, 2.75) is 173 Å². The molecule has 22 nitrogen and oxygen atoms in total. The number of ketones is 6. The van der Waals surface area contributed by atoms with E-state index in [-0.39, 0.29) is 117 Å². The standard InChI is InChI=1S/C28H29ClN2O4.C27H25ClN2O3.C25H23ClN2O4.C25H23ClN2O3/c1-28(2,3)35-26(34)15-12-22(32)11-14-25(33)19-7-4-18(5-8-19)6-13-23-24-16-21(29)10-9-20(24)17-31-27(23)30;28-21-9-8-20-16-30-27(29)23(24(20)15-21)12-3-17-1-4-18(5-2-17)25(32)13-10-22(31)11-14-26(33)19-6-7-19;1-32-24(31)13-10-20(29)9-12-23(30)17-5-2-16(3-6-17)4-11-21-22-14-19(26)8-7-18(22)15-28-25(21)27;1-16(29)2-10-21(30)11-13-24(31)18-6-3-17(4-7-18)5-12-22-23-14-20(26)9-8-19(23)15-28-25(22)27/h4-5,7-10,16-17,22,32H,11-12,14-15H2,1-3H3,(H2,30,31);1-2,4-5,8-9,15-16,19,22,31H,6-7,10-11,13-14H2,(H2,29,30);2-3,5-8,14-15,20,29H,9-10,12-13H2,1H3,(H2,27,28);3-4,6-9,14-15,21,30H,2,10-11,13H2,1H3,(H2,27,28). The topological polar surface area (TPSA) is 392 Å². The molecule has 8 aromatic carbocycles. The highest BCUT2D eigenvalue weighted by molar-refractivity contribution is 6.32. The zero-order valence-electron chi connectivity index (χ0n) is 73.1. The number of benzene rings is 8. The lowest BCUT2D eigenvalue weighted by Gasteiger charge is -2.20. The summed E-state index contributed by atoms with van der Waals surface area (Å²) in [5, 5.41) is 49.3. The first-order valence-corrected chi connectivity index (χ1v) is 44.1. The first kappa shape index (κ1) is 100.0. The quantitative estimate of drug-likeness (QED) is 0.0123. The molecular formula is C105H100Cl4N8O14. The molecule has 0 radical (unpaired) electrons. The Kier molecular flexibility index (Phi) is 37.0. The van der Waals surface area contributed by atoms with E-state index in [2.05, 4.69) is 72.0 Å². The summed E-state index contributed by atoms with van der Waals surface area (Å²) >= 11 is 24.5. The molecule has 0 amide bonds. The van der Waals surface area contributed by atoms with Crippen molar-refractivity contribution in [1.29, 1.82) is 0 Å². The van der Waals surface area contributed by atoms with E-state index in [1.807, 2.05) is 42.5 Å². The van der Waals surface area contributed by atoms with E-state index in [0.29, 0.717) is 126 Å². The molecule has 12 N–H and O–H groups in total. The number of nitrogen functional groups attached to an aromatic ring is 4. The van der Waals surface area contributed by atoms with Gasteiger partial charge in [0.05, 0.1) is 53.8 Å². The monoisotopic (exact) mass is 1840 g/mol. The third-order valence-corrected chi connectivity index (χ3v) is 22.0. The molecule has 131 heavy (non-hydrogen) atoms. The molecule has 0 spiro atoms. The maximum absolute atomic E-state index is 12.5. The van der Waals surface area contributed by atoms with Crippen molar-refractivity contribution in [3.63, 3.8) is 0 Å². The third kappa shape index (κ3) is 31.6. The zero-order valence-corrected chi connectivity index (χ0v) is 76.1. The molecule has 672 valence electrons. The number of aromatic nitrogens is 4. The summed E-state index contributed by atoms with van der Waals surface area (Å²) in [6.45, 7) is 6.87. The fraction of sp³-hybridized carbons (Fsp3) is 0.276. The fourth-order valence-electron chi connectivity index (χ4n) is 13.5. The maximum atomic E-state index is 12.5. The van der Waals surface area contributed by atoms with Crippen molar-refractivity contribution in [3.8, 4) is 47.4 Å². The van der Waals surface area contributed by atoms with Crippen LogP contribution in [0.15, 0.2) is 195 Å². The summed E-state index contributed by atoms with van der Waals surface area (Å²) in [6.07, 6.45) is 10.3. The van der Waals surface area contributed by atoms with Crippen LogP contribution >= 0.6 is 46.4 Å². The van der Waals surface area contributed by atoms with Crippen LogP contribution in [-0.4, -0.2) is 124 Å². The number of aliphatic hydroxyl groups is 4. The summed E-state index contributed by atoms with van der Waals surface area (Å²) < 4.78 is 9.77. The number of rotatable bonds is 29. The first-order valence-electron chi connectivity index (χ1n) is 42.6. The largest absolute Gasteiger partial charge is 0.469 e. The molecule has 1 saturated carbocycles. The van der Waals surface area contributed by atoms with Gasteiger partial charge in [0.1, 0.15) is 40.4 Å². The summed E-state index contributed by atoms with van der Waals surface area (Å²) in [5.74, 6) is 25.3. The number of fused-ring (bicyclic) bond motifs is 4. The van der Waals surface area contributed by atoms with E-state index < -0.39 is 30.0 Å². The SMILES string of the molecule is CC(=O)CCC(O)CCC(=O)c1ccc(C#Cc2c(N)ncc3ccc(Cl)cc23)cc1.CC(C)(C)OC(=O)CCC(O)CCC(=O)c1ccc(C#Cc2c(N)ncc3ccc(Cl)cc23)cc1.COC(=O)CCC(O)CCC(=O)c1ccc(C#Cc2c(N)ncc3ccc(Cl)cc23)cc1.Nc1ncc2ccc(Cl)cc2c1C#Cc1ccc(C(=O)CCC(O)CCC(=O)C2CC2)cc1. The average Bonchev–Trinajstić information content (AvgIpc) is 1.10. The number of pyridine rings is 4. The number of carbonyl (C=O) groups is 8. The van der Waals surface area contributed by atoms with E-state index in [0.717, 1.165) is 78.2 Å². The lowest BCUT2D eigenvalue weighted by Crippen LogP contribution is -2.24. The van der Waals surface area contributed by atoms with Crippen LogP contribution in [0.1, 0.15) is 229 Å². The highest BCUT2D eigenvalue weighted by Crippen LogP contribution is 2.33. The van der Waals surface area contributed by atoms with Crippen molar-refractivity contribution in [2.24, 2.45) is 5.92 Å². The van der Waals surface area contributed by atoms with Gasteiger partial charge in [-0.2, -0.15) is 0 Å². The number of esters is 2. The fourth-order valence-corrected chi connectivity index (χ4v) is 14.2. The van der Waals surface area contributed by atoms with E-state index in [1.54, 1.807) is 173 Å². The number of nitrogens with zero attached hydrogens (tertiary/aromatic N) is 4. The van der Waals surface area contributed by atoms with E-state index in [9.17, 15) is 58.8 Å². The van der Waals surface area contributed by atoms with Crippen LogP contribution in [-0.2, 0) is 28.7 Å². The highest BCUT2D eigenvalue weighted by Gasteiger charge is 2.29. The van der Waals surface area contributed by atoms with Gasteiger partial charge in [0.25, 0.3) is 0 Å². The molecule has 0 saturated heterocycles. The van der Waals surface area contributed by atoms with Gasteiger partial charge in [0.15, 0.2) is 23.1 Å². The van der Waals surface area contributed by atoms with Crippen LogP contribution in [0.3, 0.4) is 0 Å². The predicted molar refractivity (Wildman–Crippen MR) is 516 cm³/mol. The van der Waals surface area contributed by atoms with Gasteiger partial charge < -0.3 is 57.6 Å². The second kappa shape index (κ2) is 48.4. The van der Waals surface area contributed by atoms with Gasteiger partial charge in [-0.15, -0.1) is 0 Å². The minimum absolute atomic E-state index is 0.0335. The smallest absolute Gasteiger partial charge is 0.306 e. The first-order chi connectivity index (χ1) is 62.6. The molecule has 4 aromatic heterocycles. The Bertz CT molecular complexity index is 6450. The molecule has 0 bridgehead atoms. The number of hydrogen-bond donors (Lipinski definition) is 8. The number of nitrogens with two attached hydrogens (primary N) is 4. The Hall–Kier alpha value is -13.2. The lowest BCUT2D eigenvalue weighted by molar-refractivity contribution is -0.155. The van der Waals surface area contributed by atoms with Gasteiger partial charge in [0, 0.05) is 190 Å². The van der Waals surface area contributed by atoms with E-state index >= 15 is 0 Å². The van der Waals surface area contributed by atoms with Crippen molar-refractivity contribution in [1.82, 2.24) is 19.9 Å². The minimum atomic E-state index is -0.745. The zero-order chi connectivity index (χ0) is 94.4. The number of Topliss-reactive ketones (excluding diaryl/α,β-unsaturated/α-hetero) is 6. The summed E-state index contributed by atoms with van der Waals surface area (Å²) in [7, 11) is 1.30. The molecule has 13 rings (SSSR count). The average molecular weight is 1840 g/mol. The van der Waals surface area contributed by atoms with Gasteiger partial charge in [-0.05, 0) is 189 Å². The number of halogens is 4. The normalized spacial score (nSPS) is 12.3. The van der Waals surface area contributed by atoms with Gasteiger partial charge >= 0.3 is 11.9 Å². The summed E-state index contributed by atoms with van der Waals surface area (Å²) in [5.41, 5.74) is 31.1. The van der Waals surface area contributed by atoms with Crippen molar-refractivity contribution < 1.29 is 68.3 Å². The second-order valence-electron chi connectivity index (χ2n) is 32.5. The van der Waals surface area contributed by atoms with Gasteiger partial charge in [0.2, 0.25) is 0 Å². The molecule has 26 heteroatoms. The van der Waals surface area contributed by atoms with E-state index in [4.69, 9.17) is 74.1 Å². The van der Waals surface area contributed by atoms with Crippen LogP contribution in [0.4, 0.5) is 23.3 Å². The molecule has 4 atom stereocenters. The van der Waals surface area contributed by atoms with Crippen LogP contribution in [0.5, 0.6) is 0 Å². The summed E-state index contributed by atoms with van der Waals surface area (Å²) in [6, 6.07) is 49.8. The Morgan fingerprint density at radius 3 is 0.847 bits per heavy atom. The van der Waals surface area contributed by atoms with Gasteiger partial charge in [-0.1, -0.05) is 167 Å². The second-order valence-corrected chi connectivity index (χ2v) is 34.3. The minimum Gasteiger partial charge on any atom is -0.469 e. The Labute approximate surface area is 780 Å². The van der Waals surface area contributed by atoms with Crippen molar-refractivity contribution in [2.75, 3.05) is 30.0 Å². The van der Waals surface area contributed by atoms with E-state index in [1.165, 1.54) is 14.0 Å².